The zero-order valence-corrected chi connectivity index (χ0v) is 10.4. The molecule has 0 aliphatic rings. The zero-order valence-electron chi connectivity index (χ0n) is 8.80. The van der Waals surface area contributed by atoms with E-state index in [1.807, 2.05) is 28.9 Å². The molecule has 2 N–H and O–H groups in total. The minimum absolute atomic E-state index is 0.381. The van der Waals surface area contributed by atoms with Crippen molar-refractivity contribution in [2.24, 2.45) is 5.73 Å². The van der Waals surface area contributed by atoms with Crippen molar-refractivity contribution in [3.05, 3.63) is 40.8 Å². The van der Waals surface area contributed by atoms with Gasteiger partial charge in [-0.1, -0.05) is 11.6 Å². The molecule has 17 heavy (non-hydrogen) atoms. The SMILES string of the molecule is NCc1nccn2c(-c3ccc(Cl)s3)cnc12. The Morgan fingerprint density at radius 1 is 1.35 bits per heavy atom. The number of aromatic nitrogens is 3. The molecular formula is C11H9ClN4S. The minimum Gasteiger partial charge on any atom is -0.325 e. The number of imidazole rings is 1. The smallest absolute Gasteiger partial charge is 0.160 e. The fourth-order valence-electron chi connectivity index (χ4n) is 1.75. The van der Waals surface area contributed by atoms with Crippen molar-refractivity contribution in [2.45, 2.75) is 6.54 Å². The van der Waals surface area contributed by atoms with E-state index in [-0.39, 0.29) is 0 Å². The van der Waals surface area contributed by atoms with Crippen LogP contribution >= 0.6 is 22.9 Å². The Balaban J connectivity index is 2.25. The monoisotopic (exact) mass is 264 g/mol. The van der Waals surface area contributed by atoms with Crippen molar-refractivity contribution in [2.75, 3.05) is 0 Å². The molecule has 3 heterocycles. The molecule has 0 aromatic carbocycles. The van der Waals surface area contributed by atoms with Gasteiger partial charge >= 0.3 is 0 Å². The van der Waals surface area contributed by atoms with Crippen LogP contribution in [-0.2, 0) is 6.54 Å². The molecule has 4 nitrogen and oxygen atoms in total. The van der Waals surface area contributed by atoms with Gasteiger partial charge in [0.15, 0.2) is 5.65 Å². The van der Waals surface area contributed by atoms with Gasteiger partial charge in [0.1, 0.15) is 0 Å². The van der Waals surface area contributed by atoms with Crippen LogP contribution in [0.4, 0.5) is 0 Å². The highest BCUT2D eigenvalue weighted by Crippen LogP contribution is 2.31. The molecule has 0 saturated carbocycles. The molecule has 86 valence electrons. The third kappa shape index (κ3) is 1.72. The Morgan fingerprint density at radius 3 is 2.94 bits per heavy atom. The first-order valence-corrected chi connectivity index (χ1v) is 6.26. The van der Waals surface area contributed by atoms with Gasteiger partial charge in [-0.15, -0.1) is 11.3 Å². The summed E-state index contributed by atoms with van der Waals surface area (Å²) >= 11 is 7.47. The van der Waals surface area contributed by atoms with Crippen molar-refractivity contribution in [3.8, 4) is 10.6 Å². The normalized spacial score (nSPS) is 11.2. The van der Waals surface area contributed by atoms with E-state index in [0.29, 0.717) is 6.54 Å². The predicted octanol–water partition coefficient (Wildman–Crippen LogP) is 2.57. The summed E-state index contributed by atoms with van der Waals surface area (Å²) in [5.41, 5.74) is 8.24. The minimum atomic E-state index is 0.381. The first-order chi connectivity index (χ1) is 8.29. The van der Waals surface area contributed by atoms with E-state index >= 15 is 0 Å². The number of fused-ring (bicyclic) bond motifs is 1. The van der Waals surface area contributed by atoms with Crippen molar-refractivity contribution < 1.29 is 0 Å². The van der Waals surface area contributed by atoms with Crippen LogP contribution in [0.25, 0.3) is 16.2 Å². The third-order valence-electron chi connectivity index (χ3n) is 2.52. The van der Waals surface area contributed by atoms with Crippen LogP contribution in [0.3, 0.4) is 0 Å². The number of nitrogens with two attached hydrogens (primary N) is 1. The van der Waals surface area contributed by atoms with Crippen molar-refractivity contribution >= 4 is 28.6 Å². The van der Waals surface area contributed by atoms with Gasteiger partial charge in [0.2, 0.25) is 0 Å². The number of halogens is 1. The predicted molar refractivity (Wildman–Crippen MR) is 69.2 cm³/mol. The number of hydrogen-bond donors (Lipinski definition) is 1. The van der Waals surface area contributed by atoms with Gasteiger partial charge < -0.3 is 5.73 Å². The summed E-state index contributed by atoms with van der Waals surface area (Å²) in [6.07, 6.45) is 5.43. The second kappa shape index (κ2) is 4.10. The van der Waals surface area contributed by atoms with Crippen LogP contribution < -0.4 is 5.73 Å². The average molecular weight is 265 g/mol. The van der Waals surface area contributed by atoms with E-state index in [4.69, 9.17) is 17.3 Å². The molecule has 0 atom stereocenters. The van der Waals surface area contributed by atoms with Crippen LogP contribution in [0.1, 0.15) is 5.69 Å². The summed E-state index contributed by atoms with van der Waals surface area (Å²) in [6.45, 7) is 0.381. The fourth-order valence-corrected chi connectivity index (χ4v) is 2.80. The van der Waals surface area contributed by atoms with Crippen LogP contribution in [0.5, 0.6) is 0 Å². The molecule has 0 radical (unpaired) electrons. The van der Waals surface area contributed by atoms with E-state index in [2.05, 4.69) is 9.97 Å². The molecule has 0 bridgehead atoms. The van der Waals surface area contributed by atoms with E-state index in [1.165, 1.54) is 11.3 Å². The molecule has 0 spiro atoms. The summed E-state index contributed by atoms with van der Waals surface area (Å²) < 4.78 is 2.75. The number of thiophene rings is 1. The quantitative estimate of drug-likeness (QED) is 0.774. The Kier molecular flexibility index (Phi) is 2.58. The van der Waals surface area contributed by atoms with Gasteiger partial charge in [-0.25, -0.2) is 4.98 Å². The molecule has 0 aliphatic heterocycles. The lowest BCUT2D eigenvalue weighted by atomic mass is 10.3. The molecule has 0 aliphatic carbocycles. The molecule has 3 aromatic heterocycles. The van der Waals surface area contributed by atoms with E-state index in [0.717, 1.165) is 26.2 Å². The number of nitrogens with zero attached hydrogens (tertiary/aromatic N) is 3. The summed E-state index contributed by atoms with van der Waals surface area (Å²) in [6, 6.07) is 3.87. The Morgan fingerprint density at radius 2 is 2.24 bits per heavy atom. The van der Waals surface area contributed by atoms with Crippen molar-refractivity contribution in [1.29, 1.82) is 0 Å². The maximum atomic E-state index is 5.94. The van der Waals surface area contributed by atoms with Gasteiger partial charge in [0.25, 0.3) is 0 Å². The lowest BCUT2D eigenvalue weighted by Crippen LogP contribution is -2.03. The summed E-state index contributed by atoms with van der Waals surface area (Å²) in [7, 11) is 0. The number of rotatable bonds is 2. The summed E-state index contributed by atoms with van der Waals surface area (Å²) in [5, 5.41) is 0. The third-order valence-corrected chi connectivity index (χ3v) is 3.77. The molecule has 0 saturated heterocycles. The number of hydrogen-bond acceptors (Lipinski definition) is 4. The molecular weight excluding hydrogens is 256 g/mol. The molecule has 0 amide bonds. The Labute approximate surface area is 107 Å². The largest absolute Gasteiger partial charge is 0.325 e. The molecule has 3 aromatic rings. The Hall–Kier alpha value is -1.43. The molecule has 6 heteroatoms. The lowest BCUT2D eigenvalue weighted by molar-refractivity contribution is 0.964. The molecule has 0 fully saturated rings. The standard InChI is InChI=1S/C11H9ClN4S/c12-10-2-1-9(17-10)8-6-15-11-7(5-13)14-3-4-16(8)11/h1-4,6H,5,13H2. The highest BCUT2D eigenvalue weighted by atomic mass is 35.5. The van der Waals surface area contributed by atoms with Gasteiger partial charge in [-0.3, -0.25) is 9.38 Å². The van der Waals surface area contributed by atoms with Gasteiger partial charge in [-0.2, -0.15) is 0 Å². The topological polar surface area (TPSA) is 56.2 Å². The first-order valence-electron chi connectivity index (χ1n) is 5.06. The maximum absolute atomic E-state index is 5.94. The van der Waals surface area contributed by atoms with Gasteiger partial charge in [-0.05, 0) is 12.1 Å². The highest BCUT2D eigenvalue weighted by Gasteiger charge is 2.10. The van der Waals surface area contributed by atoms with E-state index < -0.39 is 0 Å². The van der Waals surface area contributed by atoms with E-state index in [1.54, 1.807) is 6.20 Å². The molecule has 0 unspecified atom stereocenters. The average Bonchev–Trinajstić information content (AvgIpc) is 2.94. The van der Waals surface area contributed by atoms with Crippen molar-refractivity contribution in [1.82, 2.24) is 14.4 Å². The van der Waals surface area contributed by atoms with Gasteiger partial charge in [0, 0.05) is 18.9 Å². The van der Waals surface area contributed by atoms with Gasteiger partial charge in [0.05, 0.1) is 26.8 Å². The second-order valence-corrected chi connectivity index (χ2v) is 5.23. The summed E-state index contributed by atoms with van der Waals surface area (Å²) in [4.78, 5) is 9.65. The molecule has 3 rings (SSSR count). The zero-order chi connectivity index (χ0) is 11.8. The fraction of sp³-hybridized carbons (Fsp3) is 0.0909. The van der Waals surface area contributed by atoms with Crippen LogP contribution in [0.2, 0.25) is 4.34 Å². The van der Waals surface area contributed by atoms with Crippen molar-refractivity contribution in [3.63, 3.8) is 0 Å². The first kappa shape index (κ1) is 10.7. The highest BCUT2D eigenvalue weighted by molar-refractivity contribution is 7.19. The Bertz CT molecular complexity index is 673. The van der Waals surface area contributed by atoms with Crippen LogP contribution in [0, 0.1) is 0 Å². The van der Waals surface area contributed by atoms with Crippen LogP contribution in [0.15, 0.2) is 30.7 Å². The van der Waals surface area contributed by atoms with E-state index in [9.17, 15) is 0 Å². The second-order valence-electron chi connectivity index (χ2n) is 3.52. The summed E-state index contributed by atoms with van der Waals surface area (Å²) in [5.74, 6) is 0. The lowest BCUT2D eigenvalue weighted by Gasteiger charge is -2.01. The van der Waals surface area contributed by atoms with Crippen LogP contribution in [-0.4, -0.2) is 14.4 Å². The maximum Gasteiger partial charge on any atom is 0.160 e.